The zero-order valence-electron chi connectivity index (χ0n) is 13.2. The minimum absolute atomic E-state index is 0.242. The highest BCUT2D eigenvalue weighted by atomic mass is 16.2. The van der Waals surface area contributed by atoms with Gasteiger partial charge >= 0.3 is 0 Å². The first-order chi connectivity index (χ1) is 10.4. The number of piperidine rings is 1. The van der Waals surface area contributed by atoms with E-state index in [-0.39, 0.29) is 24.2 Å². The minimum Gasteiger partial charge on any atom is -0.321 e. The molecule has 1 N–H and O–H groups in total. The van der Waals surface area contributed by atoms with Gasteiger partial charge in [-0.25, -0.2) is 0 Å². The molecule has 6 heteroatoms. The summed E-state index contributed by atoms with van der Waals surface area (Å²) < 4.78 is 0. The summed E-state index contributed by atoms with van der Waals surface area (Å²) in [5, 5.41) is 2.29. The van der Waals surface area contributed by atoms with Crippen molar-refractivity contribution in [1.82, 2.24) is 10.2 Å². The molecule has 2 heterocycles. The molecule has 6 nitrogen and oxygen atoms in total. The molecule has 22 heavy (non-hydrogen) atoms. The van der Waals surface area contributed by atoms with Crippen molar-refractivity contribution in [2.75, 3.05) is 6.54 Å². The van der Waals surface area contributed by atoms with E-state index in [1.54, 1.807) is 0 Å². The van der Waals surface area contributed by atoms with E-state index in [1.165, 1.54) is 4.90 Å². The maximum absolute atomic E-state index is 12.6. The van der Waals surface area contributed by atoms with Crippen molar-refractivity contribution in [2.45, 2.75) is 39.7 Å². The number of nitrogens with zero attached hydrogens (tertiary/aromatic N) is 2. The molecule has 0 spiro atoms. The first-order valence-corrected chi connectivity index (χ1v) is 7.41. The van der Waals surface area contributed by atoms with Crippen LogP contribution in [0.5, 0.6) is 0 Å². The van der Waals surface area contributed by atoms with Crippen LogP contribution in [0.15, 0.2) is 27.9 Å². The Bertz CT molecular complexity index is 602. The van der Waals surface area contributed by atoms with Crippen LogP contribution in [0.25, 0.3) is 0 Å². The third-order valence-electron chi connectivity index (χ3n) is 4.10. The molecule has 2 aliphatic rings. The fourth-order valence-electron chi connectivity index (χ4n) is 3.06. The van der Waals surface area contributed by atoms with Crippen LogP contribution >= 0.6 is 0 Å². The monoisotopic (exact) mass is 303 g/mol. The molecule has 0 aliphatic carbocycles. The molecule has 0 saturated carbocycles. The summed E-state index contributed by atoms with van der Waals surface area (Å²) in [5.41, 5.74) is 2.17. The number of carbonyl (C=O) groups is 3. The van der Waals surface area contributed by atoms with E-state index < -0.39 is 11.9 Å². The van der Waals surface area contributed by atoms with E-state index in [4.69, 9.17) is 0 Å². The lowest BCUT2D eigenvalue weighted by Gasteiger charge is -2.30. The second-order valence-electron chi connectivity index (χ2n) is 5.78. The summed E-state index contributed by atoms with van der Waals surface area (Å²) in [5.74, 6) is -0.758. The van der Waals surface area contributed by atoms with Gasteiger partial charge in [-0.15, -0.1) is 0 Å². The van der Waals surface area contributed by atoms with Crippen molar-refractivity contribution in [2.24, 2.45) is 10.9 Å². The second-order valence-corrected chi connectivity index (χ2v) is 5.78. The number of allylic oxidation sites excluding steroid dienone is 1. The van der Waals surface area contributed by atoms with Gasteiger partial charge < -0.3 is 4.90 Å². The van der Waals surface area contributed by atoms with Gasteiger partial charge in [0.15, 0.2) is 0 Å². The van der Waals surface area contributed by atoms with Crippen molar-refractivity contribution in [3.63, 3.8) is 0 Å². The summed E-state index contributed by atoms with van der Waals surface area (Å²) in [6.45, 7) is 9.83. The Morgan fingerprint density at radius 1 is 1.41 bits per heavy atom. The molecule has 118 valence electrons. The molecule has 1 atom stereocenters. The molecule has 0 aromatic carbocycles. The average Bonchev–Trinajstić information content (AvgIpc) is 2.76. The molecule has 0 aromatic rings. The number of rotatable bonds is 4. The Balaban J connectivity index is 2.30. The van der Waals surface area contributed by atoms with E-state index in [2.05, 4.69) is 17.0 Å². The molecule has 0 bridgehead atoms. The number of aliphatic imine (C=N–C) groups is 1. The van der Waals surface area contributed by atoms with E-state index in [0.717, 1.165) is 11.1 Å². The predicted molar refractivity (Wildman–Crippen MR) is 83.1 cm³/mol. The van der Waals surface area contributed by atoms with E-state index in [1.807, 2.05) is 26.8 Å². The van der Waals surface area contributed by atoms with Crippen molar-refractivity contribution in [3.05, 3.63) is 22.9 Å². The first kappa shape index (κ1) is 16.1. The lowest BCUT2D eigenvalue weighted by molar-refractivity contribution is -0.142. The molecule has 1 saturated heterocycles. The van der Waals surface area contributed by atoms with Crippen LogP contribution in [0.1, 0.15) is 33.6 Å². The van der Waals surface area contributed by atoms with Crippen LogP contribution in [0, 0.1) is 5.92 Å². The van der Waals surface area contributed by atoms with Crippen LogP contribution in [0.4, 0.5) is 0 Å². The number of carbonyl (C=O) groups excluding carboxylic acids is 3. The number of hydrogen-bond acceptors (Lipinski definition) is 4. The molecule has 0 radical (unpaired) electrons. The van der Waals surface area contributed by atoms with Crippen LogP contribution in [-0.2, 0) is 14.4 Å². The van der Waals surface area contributed by atoms with Gasteiger partial charge in [-0.3, -0.25) is 24.7 Å². The number of nitrogens with one attached hydrogen (secondary N) is 1. The van der Waals surface area contributed by atoms with Gasteiger partial charge in [0.25, 0.3) is 5.91 Å². The maximum Gasteiger partial charge on any atom is 0.273 e. The second kappa shape index (κ2) is 6.25. The zero-order valence-corrected chi connectivity index (χ0v) is 13.2. The van der Waals surface area contributed by atoms with Crippen molar-refractivity contribution in [1.29, 1.82) is 0 Å². The summed E-state index contributed by atoms with van der Waals surface area (Å²) in [4.78, 5) is 41.2. The van der Waals surface area contributed by atoms with Crippen molar-refractivity contribution >= 4 is 24.4 Å². The highest BCUT2D eigenvalue weighted by Gasteiger charge is 2.41. The predicted octanol–water partition coefficient (Wildman–Crippen LogP) is 1.19. The maximum atomic E-state index is 12.6. The largest absolute Gasteiger partial charge is 0.321 e. The van der Waals surface area contributed by atoms with E-state index in [9.17, 15) is 14.4 Å². The summed E-state index contributed by atoms with van der Waals surface area (Å²) in [6.07, 6.45) is 2.56. The Morgan fingerprint density at radius 3 is 2.59 bits per heavy atom. The highest BCUT2D eigenvalue weighted by Crippen LogP contribution is 2.32. The van der Waals surface area contributed by atoms with Gasteiger partial charge in [-0.2, -0.15) is 0 Å². The van der Waals surface area contributed by atoms with E-state index >= 15 is 0 Å². The summed E-state index contributed by atoms with van der Waals surface area (Å²) in [6, 6.07) is -0.621. The third-order valence-corrected chi connectivity index (χ3v) is 4.10. The summed E-state index contributed by atoms with van der Waals surface area (Å²) in [7, 11) is 0. The quantitative estimate of drug-likeness (QED) is 0.626. The zero-order chi connectivity index (χ0) is 16.4. The number of amides is 3. The van der Waals surface area contributed by atoms with Gasteiger partial charge in [0.05, 0.1) is 0 Å². The molecule has 3 amide bonds. The topological polar surface area (TPSA) is 78.8 Å². The fraction of sp³-hybridized carbons (Fsp3) is 0.500. The Kier molecular flexibility index (Phi) is 4.59. The lowest BCUT2D eigenvalue weighted by Crippen LogP contribution is -2.53. The molecule has 1 unspecified atom stereocenters. The van der Waals surface area contributed by atoms with Crippen molar-refractivity contribution in [3.8, 4) is 0 Å². The Labute approximate surface area is 130 Å². The van der Waals surface area contributed by atoms with Crippen LogP contribution < -0.4 is 5.32 Å². The van der Waals surface area contributed by atoms with E-state index in [0.29, 0.717) is 18.7 Å². The summed E-state index contributed by atoms with van der Waals surface area (Å²) >= 11 is 0. The van der Waals surface area contributed by atoms with Crippen LogP contribution in [-0.4, -0.2) is 41.9 Å². The molecular formula is C16H21N3O3. The van der Waals surface area contributed by atoms with Crippen molar-refractivity contribution < 1.29 is 14.4 Å². The normalized spacial score (nSPS) is 23.5. The Hall–Kier alpha value is -2.24. The van der Waals surface area contributed by atoms with Gasteiger partial charge in [0.2, 0.25) is 11.8 Å². The minimum atomic E-state index is -0.621. The molecule has 2 rings (SSSR count). The average molecular weight is 303 g/mol. The SMILES string of the molecule is C=NC1=C(/C(=C\C)C(C)C)CN(C2CCC(=O)NC2=O)C1=O. The number of hydrogen-bond donors (Lipinski definition) is 1. The number of imide groups is 1. The molecule has 2 aliphatic heterocycles. The van der Waals surface area contributed by atoms with Crippen LogP contribution in [0.3, 0.4) is 0 Å². The fourth-order valence-corrected chi connectivity index (χ4v) is 3.06. The van der Waals surface area contributed by atoms with Gasteiger partial charge in [-0.1, -0.05) is 19.9 Å². The smallest absolute Gasteiger partial charge is 0.273 e. The molecular weight excluding hydrogens is 282 g/mol. The first-order valence-electron chi connectivity index (χ1n) is 7.41. The standard InChI is InChI=1S/C16H21N3O3/c1-5-10(9(2)3)11-8-19(16(22)14(11)17-4)12-6-7-13(20)18-15(12)21/h5,9,12H,4,6-8H2,1-3H3,(H,18,20,21)/b10-5-. The lowest BCUT2D eigenvalue weighted by atomic mass is 9.94. The van der Waals surface area contributed by atoms with Gasteiger partial charge in [0.1, 0.15) is 11.7 Å². The molecule has 1 fully saturated rings. The van der Waals surface area contributed by atoms with Crippen LogP contribution in [0.2, 0.25) is 0 Å². The van der Waals surface area contributed by atoms with Gasteiger partial charge in [-0.05, 0) is 31.6 Å². The molecule has 0 aromatic heterocycles. The Morgan fingerprint density at radius 2 is 2.09 bits per heavy atom. The highest BCUT2D eigenvalue weighted by molar-refractivity contribution is 6.05. The van der Waals surface area contributed by atoms with Gasteiger partial charge in [0, 0.05) is 18.5 Å². The third kappa shape index (κ3) is 2.73.